The van der Waals surface area contributed by atoms with Gasteiger partial charge in [-0.15, -0.1) is 11.3 Å². The standard InChI is InChI=1S/C13H19N5S/c1-9(2)18-12-8-14-4-3-10(12)11(17-18)7-16-13-15-5-6-19-13/h5-6,9,14H,3-4,7-8H2,1-2H3,(H,15,16). The third-order valence-corrected chi connectivity index (χ3v) is 4.11. The van der Waals surface area contributed by atoms with Crippen LogP contribution in [0.25, 0.3) is 0 Å². The van der Waals surface area contributed by atoms with Crippen molar-refractivity contribution in [3.05, 3.63) is 28.5 Å². The molecule has 2 aromatic rings. The van der Waals surface area contributed by atoms with Crippen LogP contribution in [0.5, 0.6) is 0 Å². The van der Waals surface area contributed by atoms with Crippen molar-refractivity contribution in [1.82, 2.24) is 20.1 Å². The molecule has 0 unspecified atom stereocenters. The molecule has 0 radical (unpaired) electrons. The summed E-state index contributed by atoms with van der Waals surface area (Å²) in [6.45, 7) is 7.09. The number of fused-ring (bicyclic) bond motifs is 1. The lowest BCUT2D eigenvalue weighted by atomic mass is 10.1. The molecular formula is C13H19N5S. The Morgan fingerprint density at radius 3 is 3.16 bits per heavy atom. The zero-order valence-electron chi connectivity index (χ0n) is 11.3. The molecule has 6 heteroatoms. The first-order valence-corrected chi connectivity index (χ1v) is 7.57. The van der Waals surface area contributed by atoms with Crippen LogP contribution in [-0.2, 0) is 19.5 Å². The summed E-state index contributed by atoms with van der Waals surface area (Å²) in [5.74, 6) is 0. The van der Waals surface area contributed by atoms with Gasteiger partial charge in [-0.2, -0.15) is 5.10 Å². The molecule has 19 heavy (non-hydrogen) atoms. The number of hydrogen-bond donors (Lipinski definition) is 2. The third-order valence-electron chi connectivity index (χ3n) is 3.37. The molecule has 0 spiro atoms. The van der Waals surface area contributed by atoms with Crippen LogP contribution in [0.15, 0.2) is 11.6 Å². The molecule has 3 heterocycles. The number of thiazole rings is 1. The van der Waals surface area contributed by atoms with Crippen molar-refractivity contribution in [2.75, 3.05) is 11.9 Å². The normalized spacial score (nSPS) is 14.7. The molecule has 2 N–H and O–H groups in total. The van der Waals surface area contributed by atoms with Gasteiger partial charge < -0.3 is 10.6 Å². The van der Waals surface area contributed by atoms with Crippen LogP contribution in [0.3, 0.4) is 0 Å². The van der Waals surface area contributed by atoms with E-state index in [4.69, 9.17) is 5.10 Å². The van der Waals surface area contributed by atoms with E-state index in [1.165, 1.54) is 17.0 Å². The van der Waals surface area contributed by atoms with Crippen molar-refractivity contribution in [3.8, 4) is 0 Å². The highest BCUT2D eigenvalue weighted by molar-refractivity contribution is 7.13. The van der Waals surface area contributed by atoms with Crippen LogP contribution in [0.2, 0.25) is 0 Å². The second-order valence-electron chi connectivity index (χ2n) is 5.03. The van der Waals surface area contributed by atoms with E-state index in [0.29, 0.717) is 6.04 Å². The molecule has 2 aromatic heterocycles. The highest BCUT2D eigenvalue weighted by Crippen LogP contribution is 2.22. The lowest BCUT2D eigenvalue weighted by molar-refractivity contribution is 0.484. The van der Waals surface area contributed by atoms with Crippen LogP contribution < -0.4 is 10.6 Å². The molecule has 0 saturated heterocycles. The van der Waals surface area contributed by atoms with Crippen LogP contribution in [0.4, 0.5) is 5.13 Å². The molecule has 102 valence electrons. The van der Waals surface area contributed by atoms with Crippen molar-refractivity contribution in [1.29, 1.82) is 0 Å². The van der Waals surface area contributed by atoms with Gasteiger partial charge in [0.05, 0.1) is 17.9 Å². The Balaban J connectivity index is 1.84. The Hall–Kier alpha value is -1.40. The number of nitrogens with zero attached hydrogens (tertiary/aromatic N) is 3. The summed E-state index contributed by atoms with van der Waals surface area (Å²) in [4.78, 5) is 4.25. The van der Waals surface area contributed by atoms with E-state index in [1.54, 1.807) is 11.3 Å². The van der Waals surface area contributed by atoms with Gasteiger partial charge in [-0.05, 0) is 26.8 Å². The van der Waals surface area contributed by atoms with Crippen molar-refractivity contribution in [2.24, 2.45) is 0 Å². The minimum atomic E-state index is 0.405. The lowest BCUT2D eigenvalue weighted by Gasteiger charge is -2.17. The Kier molecular flexibility index (Phi) is 3.52. The molecule has 0 amide bonds. The van der Waals surface area contributed by atoms with Gasteiger partial charge in [0.1, 0.15) is 0 Å². The number of aromatic nitrogens is 3. The number of hydrogen-bond acceptors (Lipinski definition) is 5. The Morgan fingerprint density at radius 1 is 1.53 bits per heavy atom. The fourth-order valence-electron chi connectivity index (χ4n) is 2.49. The predicted octanol–water partition coefficient (Wildman–Crippen LogP) is 2.18. The van der Waals surface area contributed by atoms with Gasteiger partial charge in [-0.3, -0.25) is 4.68 Å². The lowest BCUT2D eigenvalue weighted by Crippen LogP contribution is -2.26. The molecule has 1 aliphatic rings. The quantitative estimate of drug-likeness (QED) is 0.899. The number of nitrogens with one attached hydrogen (secondary N) is 2. The number of anilines is 1. The van der Waals surface area contributed by atoms with Gasteiger partial charge in [0.25, 0.3) is 0 Å². The topological polar surface area (TPSA) is 54.8 Å². The molecule has 0 aliphatic carbocycles. The highest BCUT2D eigenvalue weighted by atomic mass is 32.1. The van der Waals surface area contributed by atoms with E-state index in [9.17, 15) is 0 Å². The van der Waals surface area contributed by atoms with E-state index in [-0.39, 0.29) is 0 Å². The minimum absolute atomic E-state index is 0.405. The number of rotatable bonds is 4. The summed E-state index contributed by atoms with van der Waals surface area (Å²) >= 11 is 1.62. The first-order valence-electron chi connectivity index (χ1n) is 6.69. The van der Waals surface area contributed by atoms with E-state index in [0.717, 1.165) is 31.2 Å². The van der Waals surface area contributed by atoms with Crippen molar-refractivity contribution < 1.29 is 0 Å². The molecule has 0 bridgehead atoms. The molecule has 0 fully saturated rings. The zero-order valence-corrected chi connectivity index (χ0v) is 12.1. The van der Waals surface area contributed by atoms with Crippen LogP contribution in [-0.4, -0.2) is 21.3 Å². The van der Waals surface area contributed by atoms with Crippen molar-refractivity contribution in [2.45, 2.75) is 39.4 Å². The molecule has 0 saturated carbocycles. The Labute approximate surface area is 117 Å². The van der Waals surface area contributed by atoms with E-state index in [2.05, 4.69) is 34.1 Å². The zero-order chi connectivity index (χ0) is 13.2. The maximum absolute atomic E-state index is 4.78. The van der Waals surface area contributed by atoms with Crippen LogP contribution in [0.1, 0.15) is 36.8 Å². The molecule has 5 nitrogen and oxygen atoms in total. The minimum Gasteiger partial charge on any atom is -0.356 e. The average molecular weight is 277 g/mol. The highest BCUT2D eigenvalue weighted by Gasteiger charge is 2.21. The average Bonchev–Trinajstić information content (AvgIpc) is 3.04. The second-order valence-corrected chi connectivity index (χ2v) is 5.92. The van der Waals surface area contributed by atoms with E-state index in [1.807, 2.05) is 11.6 Å². The van der Waals surface area contributed by atoms with Gasteiger partial charge in [0, 0.05) is 29.7 Å². The van der Waals surface area contributed by atoms with Crippen LogP contribution in [0, 0.1) is 0 Å². The molecule has 0 atom stereocenters. The first-order chi connectivity index (χ1) is 9.25. The van der Waals surface area contributed by atoms with E-state index < -0.39 is 0 Å². The summed E-state index contributed by atoms with van der Waals surface area (Å²) in [7, 11) is 0. The van der Waals surface area contributed by atoms with Gasteiger partial charge >= 0.3 is 0 Å². The summed E-state index contributed by atoms with van der Waals surface area (Å²) < 4.78 is 2.15. The van der Waals surface area contributed by atoms with Crippen molar-refractivity contribution in [3.63, 3.8) is 0 Å². The van der Waals surface area contributed by atoms with Crippen LogP contribution >= 0.6 is 11.3 Å². The molecule has 0 aromatic carbocycles. The smallest absolute Gasteiger partial charge is 0.182 e. The van der Waals surface area contributed by atoms with Gasteiger partial charge in [0.2, 0.25) is 0 Å². The fourth-order valence-corrected chi connectivity index (χ4v) is 3.02. The fraction of sp³-hybridized carbons (Fsp3) is 0.538. The molecule has 3 rings (SSSR count). The maximum Gasteiger partial charge on any atom is 0.182 e. The summed E-state index contributed by atoms with van der Waals surface area (Å²) in [6.07, 6.45) is 2.88. The largest absolute Gasteiger partial charge is 0.356 e. The van der Waals surface area contributed by atoms with Crippen molar-refractivity contribution >= 4 is 16.5 Å². The monoisotopic (exact) mass is 277 g/mol. The van der Waals surface area contributed by atoms with Gasteiger partial charge in [-0.1, -0.05) is 0 Å². The summed E-state index contributed by atoms with van der Waals surface area (Å²) in [6, 6.07) is 0.405. The second kappa shape index (κ2) is 5.30. The Morgan fingerprint density at radius 2 is 2.42 bits per heavy atom. The predicted molar refractivity (Wildman–Crippen MR) is 77.5 cm³/mol. The molecular weight excluding hydrogens is 258 g/mol. The Bertz CT molecular complexity index is 544. The third kappa shape index (κ3) is 2.50. The summed E-state index contributed by atoms with van der Waals surface area (Å²) in [5.41, 5.74) is 3.93. The van der Waals surface area contributed by atoms with E-state index >= 15 is 0 Å². The molecule has 1 aliphatic heterocycles. The SMILES string of the molecule is CC(C)n1nc(CNc2nccs2)c2c1CNCC2. The van der Waals surface area contributed by atoms with Gasteiger partial charge in [0.15, 0.2) is 5.13 Å². The first kappa shape index (κ1) is 12.6. The van der Waals surface area contributed by atoms with Gasteiger partial charge in [-0.25, -0.2) is 4.98 Å². The maximum atomic E-state index is 4.78. The summed E-state index contributed by atoms with van der Waals surface area (Å²) in [5, 5.41) is 14.5.